The van der Waals surface area contributed by atoms with Crippen LogP contribution in [0.25, 0.3) is 23.1 Å². The smallest absolute Gasteiger partial charge is 0.276 e. The summed E-state index contributed by atoms with van der Waals surface area (Å²) >= 11 is 0. The van der Waals surface area contributed by atoms with Gasteiger partial charge >= 0.3 is 0 Å². The number of nitrogens with one attached hydrogen (secondary N) is 4. The van der Waals surface area contributed by atoms with Gasteiger partial charge in [-0.25, -0.2) is 16.3 Å². The summed E-state index contributed by atoms with van der Waals surface area (Å²) in [5.41, 5.74) is 12.9. The van der Waals surface area contributed by atoms with E-state index >= 15 is 0 Å². The summed E-state index contributed by atoms with van der Waals surface area (Å²) in [7, 11) is 1.83. The lowest BCUT2D eigenvalue weighted by Gasteiger charge is -2.06. The third-order valence-corrected chi connectivity index (χ3v) is 7.49. The van der Waals surface area contributed by atoms with E-state index in [1.807, 2.05) is 17.8 Å². The third-order valence-electron chi connectivity index (χ3n) is 7.49. The molecule has 4 aromatic carbocycles. The van der Waals surface area contributed by atoms with Crippen molar-refractivity contribution in [1.29, 1.82) is 0 Å². The molecule has 0 bridgehead atoms. The molecule has 0 spiro atoms. The van der Waals surface area contributed by atoms with E-state index in [1.54, 1.807) is 91.0 Å². The fourth-order valence-electron chi connectivity index (χ4n) is 4.96. The number of nitrogens with zero attached hydrogens (tertiary/aromatic N) is 3. The molecule has 0 saturated carbocycles. The number of ether oxygens (including phenoxy) is 1. The van der Waals surface area contributed by atoms with Crippen LogP contribution < -0.4 is 31.4 Å². The molecule has 0 fully saturated rings. The zero-order valence-corrected chi connectivity index (χ0v) is 28.8. The molecule has 4 amide bonds. The molecular weight excluding hydrogens is 694 g/mol. The number of hydroxylamine groups is 2. The molecule has 0 radical (unpaired) electrons. The molecule has 0 unspecified atom stereocenters. The number of carbonyl (C=O) groups excluding carboxylic acids is 4. The first-order valence-electron chi connectivity index (χ1n) is 16.3. The lowest BCUT2D eigenvalue weighted by molar-refractivity contribution is -0.124. The first-order valence-corrected chi connectivity index (χ1v) is 16.3. The predicted molar refractivity (Wildman–Crippen MR) is 202 cm³/mol. The number of aromatic nitrogens is 1. The second-order valence-corrected chi connectivity index (χ2v) is 11.4. The highest BCUT2D eigenvalue weighted by Gasteiger charge is 2.10. The molecule has 6 N–H and O–H groups in total. The molecule has 5 rings (SSSR count). The lowest BCUT2D eigenvalue weighted by Crippen LogP contribution is -2.24. The summed E-state index contributed by atoms with van der Waals surface area (Å²) in [6.45, 7) is 0.0679. The normalized spacial score (nSPS) is 11.4. The van der Waals surface area contributed by atoms with Crippen molar-refractivity contribution in [3.8, 4) is 11.5 Å². The van der Waals surface area contributed by atoms with Crippen LogP contribution in [0.4, 0.5) is 0 Å². The van der Waals surface area contributed by atoms with Gasteiger partial charge in [0, 0.05) is 53.5 Å². The van der Waals surface area contributed by atoms with Crippen LogP contribution in [0.5, 0.6) is 11.5 Å². The van der Waals surface area contributed by atoms with Crippen LogP contribution in [0.2, 0.25) is 0 Å². The van der Waals surface area contributed by atoms with Crippen molar-refractivity contribution in [3.05, 3.63) is 143 Å². The summed E-state index contributed by atoms with van der Waals surface area (Å²) in [5.74, 6) is -1.20. The van der Waals surface area contributed by atoms with Crippen LogP contribution in [0.15, 0.2) is 120 Å². The van der Waals surface area contributed by atoms with Crippen LogP contribution in [-0.4, -0.2) is 64.2 Å². The highest BCUT2D eigenvalue weighted by atomic mass is 16.7. The molecule has 0 saturated heterocycles. The maximum absolute atomic E-state index is 12.7. The van der Waals surface area contributed by atoms with Gasteiger partial charge in [0.1, 0.15) is 12.4 Å². The van der Waals surface area contributed by atoms with E-state index in [0.29, 0.717) is 39.3 Å². The van der Waals surface area contributed by atoms with E-state index < -0.39 is 23.6 Å². The Morgan fingerprint density at radius 2 is 1.37 bits per heavy atom. The Balaban J connectivity index is 1.12. The zero-order valence-electron chi connectivity index (χ0n) is 28.8. The Kier molecular flexibility index (Phi) is 13.2. The number of hydrogen-bond acceptors (Lipinski definition) is 10. The van der Waals surface area contributed by atoms with E-state index in [2.05, 4.69) is 26.5 Å². The number of hydrogen-bond donors (Lipinski definition) is 6. The standard InChI is InChI=1S/C39H35N7O8/c1-46-25-31(24-41-43-39(51)30-9-2-5-26(19-30)11-15-36(48)44-52)34-14-13-33(22-35(34)46)54-45-37(49)16-12-27-6-3-8-29(20-27)38(50)42-40-23-28-7-4-10-32(21-28)53-18-17-47/h2-16,19-25,47,52H,17-18H2,1H3,(H,42,50)(H,43,51)(H,44,48)(H,45,49). The van der Waals surface area contributed by atoms with Gasteiger partial charge in [0.15, 0.2) is 5.75 Å². The van der Waals surface area contributed by atoms with Crippen molar-refractivity contribution in [1.82, 2.24) is 26.4 Å². The van der Waals surface area contributed by atoms with E-state index in [4.69, 9.17) is 19.9 Å². The van der Waals surface area contributed by atoms with Crippen molar-refractivity contribution < 1.29 is 39.1 Å². The van der Waals surface area contributed by atoms with Crippen molar-refractivity contribution in [2.75, 3.05) is 13.2 Å². The minimum Gasteiger partial charge on any atom is -0.491 e. The first kappa shape index (κ1) is 37.9. The number of aliphatic hydroxyl groups is 1. The third kappa shape index (κ3) is 10.8. The Bertz CT molecular complexity index is 2280. The van der Waals surface area contributed by atoms with E-state index in [-0.39, 0.29) is 13.2 Å². The lowest BCUT2D eigenvalue weighted by atomic mass is 10.1. The van der Waals surface area contributed by atoms with Crippen LogP contribution in [0, 0.1) is 0 Å². The monoisotopic (exact) mass is 729 g/mol. The minimum atomic E-state index is -0.695. The fourth-order valence-corrected chi connectivity index (χ4v) is 4.96. The fraction of sp³-hybridized carbons (Fsp3) is 0.0769. The van der Waals surface area contributed by atoms with Crippen molar-refractivity contribution in [2.45, 2.75) is 0 Å². The van der Waals surface area contributed by atoms with Gasteiger partial charge in [0.05, 0.1) is 24.6 Å². The number of carbonyl (C=O) groups is 4. The molecule has 54 heavy (non-hydrogen) atoms. The Morgan fingerprint density at radius 1 is 0.741 bits per heavy atom. The van der Waals surface area contributed by atoms with Gasteiger partial charge in [0.25, 0.3) is 23.6 Å². The summed E-state index contributed by atoms with van der Waals surface area (Å²) in [6, 6.07) is 25.4. The van der Waals surface area contributed by atoms with Gasteiger partial charge in [-0.3, -0.25) is 24.4 Å². The van der Waals surface area contributed by atoms with E-state index in [9.17, 15) is 19.2 Å². The van der Waals surface area contributed by atoms with Crippen molar-refractivity contribution >= 4 is 59.1 Å². The van der Waals surface area contributed by atoms with Crippen LogP contribution in [0.1, 0.15) is 43.0 Å². The molecule has 0 aliphatic rings. The van der Waals surface area contributed by atoms with Gasteiger partial charge in [-0.05, 0) is 77.4 Å². The quantitative estimate of drug-likeness (QED) is 0.0405. The van der Waals surface area contributed by atoms with Crippen LogP contribution in [0.3, 0.4) is 0 Å². The second-order valence-electron chi connectivity index (χ2n) is 11.4. The Hall–Kier alpha value is -7.36. The molecule has 15 heteroatoms. The minimum absolute atomic E-state index is 0.102. The summed E-state index contributed by atoms with van der Waals surface area (Å²) in [5, 5.41) is 26.4. The van der Waals surface area contributed by atoms with Gasteiger partial charge < -0.3 is 19.2 Å². The summed E-state index contributed by atoms with van der Waals surface area (Å²) in [6.07, 6.45) is 10.2. The number of rotatable bonds is 15. The summed E-state index contributed by atoms with van der Waals surface area (Å²) < 4.78 is 7.22. The molecule has 0 atom stereocenters. The predicted octanol–water partition coefficient (Wildman–Crippen LogP) is 3.72. The van der Waals surface area contributed by atoms with Gasteiger partial charge in [0.2, 0.25) is 0 Å². The van der Waals surface area contributed by atoms with Crippen molar-refractivity contribution in [2.24, 2.45) is 17.3 Å². The number of benzene rings is 4. The number of amides is 4. The molecule has 274 valence electrons. The Morgan fingerprint density at radius 3 is 2.04 bits per heavy atom. The molecular formula is C39H35N7O8. The molecule has 15 nitrogen and oxygen atoms in total. The van der Waals surface area contributed by atoms with E-state index in [0.717, 1.165) is 22.5 Å². The van der Waals surface area contributed by atoms with E-state index in [1.165, 1.54) is 36.1 Å². The first-order chi connectivity index (χ1) is 26.2. The maximum atomic E-state index is 12.7. The maximum Gasteiger partial charge on any atom is 0.276 e. The molecule has 1 aromatic heterocycles. The molecule has 0 aliphatic carbocycles. The number of aliphatic hydroxyl groups excluding tert-OH is 1. The SMILES string of the molecule is Cn1cc(C=NNC(=O)c2cccc(C=CC(=O)NO)c2)c2ccc(ONC(=O)C=Cc3cccc(C(=O)NN=Cc4cccc(OCCO)c4)c3)cc21. The summed E-state index contributed by atoms with van der Waals surface area (Å²) in [4.78, 5) is 54.6. The van der Waals surface area contributed by atoms with Gasteiger partial charge in [-0.2, -0.15) is 15.7 Å². The number of fused-ring (bicyclic) bond motifs is 1. The van der Waals surface area contributed by atoms with Gasteiger partial charge in [-0.15, -0.1) is 0 Å². The molecule has 1 heterocycles. The largest absolute Gasteiger partial charge is 0.491 e. The average Bonchev–Trinajstić information content (AvgIpc) is 3.51. The highest BCUT2D eigenvalue weighted by Crippen LogP contribution is 2.24. The number of aryl methyl sites for hydroxylation is 1. The van der Waals surface area contributed by atoms with Crippen LogP contribution in [-0.2, 0) is 16.6 Å². The highest BCUT2D eigenvalue weighted by molar-refractivity contribution is 6.01. The van der Waals surface area contributed by atoms with Crippen molar-refractivity contribution in [3.63, 3.8) is 0 Å². The second kappa shape index (κ2) is 18.8. The number of hydrazone groups is 2. The molecule has 5 aromatic rings. The topological polar surface area (TPSA) is 205 Å². The van der Waals surface area contributed by atoms with Gasteiger partial charge in [-0.1, -0.05) is 36.4 Å². The van der Waals surface area contributed by atoms with Crippen LogP contribution >= 0.6 is 0 Å². The Labute approximate surface area is 308 Å². The average molecular weight is 730 g/mol. The molecule has 0 aliphatic heterocycles. The zero-order chi connectivity index (χ0) is 38.3.